The average molecular weight is 295 g/mol. The number of fused-ring (bicyclic) bond motifs is 1. The van der Waals surface area contributed by atoms with E-state index in [4.69, 9.17) is 5.11 Å². The topological polar surface area (TPSA) is 92.1 Å². The van der Waals surface area contributed by atoms with Crippen molar-refractivity contribution in [1.82, 2.24) is 25.4 Å². The molecule has 1 aromatic rings. The van der Waals surface area contributed by atoms with Crippen LogP contribution < -0.4 is 10.6 Å². The first-order chi connectivity index (χ1) is 10.1. The number of carbonyl (C=O) groups is 1. The lowest BCUT2D eigenvalue weighted by atomic mass is 10.1. The zero-order valence-corrected chi connectivity index (χ0v) is 12.8. The maximum absolute atomic E-state index is 12.0. The summed E-state index contributed by atoms with van der Waals surface area (Å²) in [5.74, 6) is 1.69. The van der Waals surface area contributed by atoms with Crippen LogP contribution in [0.1, 0.15) is 57.2 Å². The van der Waals surface area contributed by atoms with Gasteiger partial charge >= 0.3 is 6.03 Å². The first-order valence-corrected chi connectivity index (χ1v) is 7.75. The van der Waals surface area contributed by atoms with E-state index in [-0.39, 0.29) is 24.7 Å². The van der Waals surface area contributed by atoms with Crippen molar-refractivity contribution >= 4 is 6.03 Å². The molecule has 2 amide bonds. The number of aliphatic hydroxyl groups is 1. The highest BCUT2D eigenvalue weighted by Gasteiger charge is 2.25. The van der Waals surface area contributed by atoms with Gasteiger partial charge in [0.05, 0.1) is 6.04 Å². The number of hydrogen-bond acceptors (Lipinski definition) is 4. The third-order valence-electron chi connectivity index (χ3n) is 3.71. The molecule has 1 aromatic heterocycles. The largest absolute Gasteiger partial charge is 0.396 e. The van der Waals surface area contributed by atoms with Crippen LogP contribution in [0.25, 0.3) is 0 Å². The zero-order chi connectivity index (χ0) is 15.2. The van der Waals surface area contributed by atoms with Crippen LogP contribution in [0, 0.1) is 0 Å². The van der Waals surface area contributed by atoms with Gasteiger partial charge in [0.15, 0.2) is 5.82 Å². The predicted molar refractivity (Wildman–Crippen MR) is 78.8 cm³/mol. The Bertz CT molecular complexity index is 474. The third kappa shape index (κ3) is 4.17. The second kappa shape index (κ2) is 7.40. The maximum Gasteiger partial charge on any atom is 0.315 e. The Morgan fingerprint density at radius 2 is 2.38 bits per heavy atom. The van der Waals surface area contributed by atoms with E-state index in [9.17, 15) is 4.79 Å². The minimum absolute atomic E-state index is 0.0461. The van der Waals surface area contributed by atoms with Gasteiger partial charge in [0.1, 0.15) is 5.82 Å². The van der Waals surface area contributed by atoms with Crippen LogP contribution in [0.2, 0.25) is 0 Å². The molecule has 0 saturated carbocycles. The number of rotatable bonds is 6. The summed E-state index contributed by atoms with van der Waals surface area (Å²) < 4.78 is 1.91. The Hall–Kier alpha value is -1.63. The maximum atomic E-state index is 12.0. The molecule has 0 bridgehead atoms. The van der Waals surface area contributed by atoms with Gasteiger partial charge in [0.2, 0.25) is 0 Å². The standard InChI is InChI=1S/C14H25N5O2/c1-3-12-17-13-11(7-4-8-19(13)18-12)16-14(21)15-10(2)6-5-9-20/h10-11,20H,3-9H2,1-2H3,(H2,15,16,21). The quantitative estimate of drug-likeness (QED) is 0.733. The van der Waals surface area contributed by atoms with Crippen LogP contribution >= 0.6 is 0 Å². The third-order valence-corrected chi connectivity index (χ3v) is 3.71. The van der Waals surface area contributed by atoms with E-state index in [2.05, 4.69) is 20.7 Å². The van der Waals surface area contributed by atoms with Gasteiger partial charge in [-0.15, -0.1) is 0 Å². The Labute approximate surface area is 125 Å². The van der Waals surface area contributed by atoms with Crippen molar-refractivity contribution in [2.45, 2.75) is 64.6 Å². The molecule has 0 aromatic carbocycles. The molecule has 3 N–H and O–H groups in total. The second-order valence-electron chi connectivity index (χ2n) is 5.54. The number of urea groups is 1. The second-order valence-corrected chi connectivity index (χ2v) is 5.54. The monoisotopic (exact) mass is 295 g/mol. The molecular weight excluding hydrogens is 270 g/mol. The Balaban J connectivity index is 1.91. The Kier molecular flexibility index (Phi) is 5.55. The molecule has 2 heterocycles. The van der Waals surface area contributed by atoms with Gasteiger partial charge < -0.3 is 15.7 Å². The fourth-order valence-electron chi connectivity index (χ4n) is 2.58. The van der Waals surface area contributed by atoms with Gasteiger partial charge in [-0.25, -0.2) is 14.5 Å². The van der Waals surface area contributed by atoms with Gasteiger partial charge in [-0.3, -0.25) is 0 Å². The van der Waals surface area contributed by atoms with Crippen molar-refractivity contribution in [3.8, 4) is 0 Å². The van der Waals surface area contributed by atoms with Gasteiger partial charge in [0, 0.05) is 25.6 Å². The average Bonchev–Trinajstić information content (AvgIpc) is 2.89. The summed E-state index contributed by atoms with van der Waals surface area (Å²) in [6.45, 7) is 4.99. The van der Waals surface area contributed by atoms with Crippen molar-refractivity contribution < 1.29 is 9.90 Å². The highest BCUT2D eigenvalue weighted by Crippen LogP contribution is 2.23. The summed E-state index contributed by atoms with van der Waals surface area (Å²) in [7, 11) is 0. The molecule has 118 valence electrons. The van der Waals surface area contributed by atoms with Crippen molar-refractivity contribution in [2.75, 3.05) is 6.61 Å². The molecule has 7 nitrogen and oxygen atoms in total. The number of aliphatic hydroxyl groups excluding tert-OH is 1. The molecule has 1 aliphatic heterocycles. The first kappa shape index (κ1) is 15.8. The first-order valence-electron chi connectivity index (χ1n) is 7.75. The fourth-order valence-corrected chi connectivity index (χ4v) is 2.58. The lowest BCUT2D eigenvalue weighted by molar-refractivity contribution is 0.226. The van der Waals surface area contributed by atoms with E-state index in [1.54, 1.807) is 0 Å². The molecule has 0 fully saturated rings. The van der Waals surface area contributed by atoms with Crippen LogP contribution in [-0.2, 0) is 13.0 Å². The Morgan fingerprint density at radius 1 is 1.57 bits per heavy atom. The van der Waals surface area contributed by atoms with Crippen molar-refractivity contribution in [2.24, 2.45) is 0 Å². The summed E-state index contributed by atoms with van der Waals surface area (Å²) in [6.07, 6.45) is 4.14. The van der Waals surface area contributed by atoms with Crippen LogP contribution in [0.4, 0.5) is 4.79 Å². The number of carbonyl (C=O) groups excluding carboxylic acids is 1. The van der Waals surface area contributed by atoms with Gasteiger partial charge in [0.25, 0.3) is 0 Å². The number of hydrogen-bond donors (Lipinski definition) is 3. The lowest BCUT2D eigenvalue weighted by Crippen LogP contribution is -2.43. The van der Waals surface area contributed by atoms with E-state index in [0.29, 0.717) is 6.42 Å². The predicted octanol–water partition coefficient (Wildman–Crippen LogP) is 1.14. The van der Waals surface area contributed by atoms with Gasteiger partial charge in [-0.05, 0) is 32.6 Å². The molecule has 21 heavy (non-hydrogen) atoms. The molecule has 1 aliphatic rings. The number of aryl methyl sites for hydroxylation is 2. The van der Waals surface area contributed by atoms with Crippen LogP contribution in [0.5, 0.6) is 0 Å². The van der Waals surface area contributed by atoms with Gasteiger partial charge in [-0.2, -0.15) is 5.10 Å². The van der Waals surface area contributed by atoms with E-state index < -0.39 is 0 Å². The lowest BCUT2D eigenvalue weighted by Gasteiger charge is -2.24. The molecule has 2 unspecified atom stereocenters. The number of aromatic nitrogens is 3. The zero-order valence-electron chi connectivity index (χ0n) is 12.8. The Morgan fingerprint density at radius 3 is 3.10 bits per heavy atom. The van der Waals surface area contributed by atoms with E-state index in [1.165, 1.54) is 0 Å². The highest BCUT2D eigenvalue weighted by atomic mass is 16.3. The van der Waals surface area contributed by atoms with Gasteiger partial charge in [-0.1, -0.05) is 6.92 Å². The fraction of sp³-hybridized carbons (Fsp3) is 0.786. The molecule has 2 rings (SSSR count). The number of nitrogens with one attached hydrogen (secondary N) is 2. The molecule has 2 atom stereocenters. The van der Waals surface area contributed by atoms with E-state index in [1.807, 2.05) is 18.5 Å². The molecule has 0 spiro atoms. The SMILES string of the molecule is CCc1nc2n(n1)CCCC2NC(=O)NC(C)CCCO. The summed E-state index contributed by atoms with van der Waals surface area (Å²) >= 11 is 0. The number of nitrogens with zero attached hydrogens (tertiary/aromatic N) is 3. The smallest absolute Gasteiger partial charge is 0.315 e. The van der Waals surface area contributed by atoms with E-state index >= 15 is 0 Å². The van der Waals surface area contributed by atoms with Crippen LogP contribution in [0.15, 0.2) is 0 Å². The normalized spacial score (nSPS) is 18.9. The number of amides is 2. The summed E-state index contributed by atoms with van der Waals surface area (Å²) in [4.78, 5) is 16.5. The molecule has 0 aliphatic carbocycles. The minimum atomic E-state index is -0.181. The molecule has 7 heteroatoms. The summed E-state index contributed by atoms with van der Waals surface area (Å²) in [5.41, 5.74) is 0. The summed E-state index contributed by atoms with van der Waals surface area (Å²) in [5, 5.41) is 19.1. The molecule has 0 saturated heterocycles. The van der Waals surface area contributed by atoms with Crippen molar-refractivity contribution in [1.29, 1.82) is 0 Å². The summed E-state index contributed by atoms with van der Waals surface area (Å²) in [6, 6.07) is -0.207. The van der Waals surface area contributed by atoms with E-state index in [0.717, 1.165) is 43.9 Å². The minimum Gasteiger partial charge on any atom is -0.396 e. The highest BCUT2D eigenvalue weighted by molar-refractivity contribution is 5.74. The molecule has 0 radical (unpaired) electrons. The van der Waals surface area contributed by atoms with Crippen LogP contribution in [-0.4, -0.2) is 38.6 Å². The molecular formula is C14H25N5O2. The van der Waals surface area contributed by atoms with Crippen molar-refractivity contribution in [3.63, 3.8) is 0 Å². The van der Waals surface area contributed by atoms with Crippen molar-refractivity contribution in [3.05, 3.63) is 11.6 Å². The van der Waals surface area contributed by atoms with Crippen LogP contribution in [0.3, 0.4) is 0 Å².